The number of carboxylic acid groups (broad SMARTS) is 2. The minimum absolute atomic E-state index is 0.0875. The third kappa shape index (κ3) is 9.26. The maximum Gasteiger partial charge on any atom is 0.490 e. The molecule has 0 aliphatic carbocycles. The summed E-state index contributed by atoms with van der Waals surface area (Å²) in [5.41, 5.74) is 2.02. The molecule has 1 amide bonds. The summed E-state index contributed by atoms with van der Waals surface area (Å²) in [6.45, 7) is 7.22. The van der Waals surface area contributed by atoms with Crippen LogP contribution in [0.25, 0.3) is 0 Å². The van der Waals surface area contributed by atoms with E-state index in [2.05, 4.69) is 28.9 Å². The second-order valence-corrected chi connectivity index (χ2v) is 8.19. The number of ether oxygens (including phenoxy) is 1. The number of aryl methyl sites for hydroxylation is 1. The van der Waals surface area contributed by atoms with Gasteiger partial charge in [0.05, 0.1) is 17.3 Å². The molecule has 1 unspecified atom stereocenters. The lowest BCUT2D eigenvalue weighted by atomic mass is 9.83. The number of likely N-dealkylation sites (N-methyl/N-ethyl adjacent to an activating group) is 1. The number of nitrogens with zero attached hydrogens (tertiary/aromatic N) is 3. The van der Waals surface area contributed by atoms with Crippen molar-refractivity contribution in [1.29, 1.82) is 0 Å². The summed E-state index contributed by atoms with van der Waals surface area (Å²) in [5, 5.41) is 14.2. The van der Waals surface area contributed by atoms with E-state index in [0.29, 0.717) is 0 Å². The van der Waals surface area contributed by atoms with E-state index in [0.717, 1.165) is 43.9 Å². The quantitative estimate of drug-likeness (QED) is 0.560. The first-order valence-electron chi connectivity index (χ1n) is 10.5. The molecule has 1 spiro atoms. The Morgan fingerprint density at radius 1 is 1.08 bits per heavy atom. The number of morpholine rings is 1. The fraction of sp³-hybridized carbons (Fsp3) is 0.619. The minimum atomic E-state index is -5.08. The van der Waals surface area contributed by atoms with E-state index >= 15 is 0 Å². The molecule has 2 fully saturated rings. The van der Waals surface area contributed by atoms with E-state index < -0.39 is 24.3 Å². The van der Waals surface area contributed by atoms with Gasteiger partial charge in [-0.25, -0.2) is 9.59 Å². The first-order valence-corrected chi connectivity index (χ1v) is 10.5. The van der Waals surface area contributed by atoms with Gasteiger partial charge in [-0.15, -0.1) is 0 Å². The van der Waals surface area contributed by atoms with Crippen LogP contribution in [0.1, 0.15) is 31.2 Å². The highest BCUT2D eigenvalue weighted by Crippen LogP contribution is 2.35. The van der Waals surface area contributed by atoms with Gasteiger partial charge in [-0.05, 0) is 38.8 Å². The molecule has 1 aromatic heterocycles. The maximum absolute atomic E-state index is 11.8. The van der Waals surface area contributed by atoms with Gasteiger partial charge < -0.3 is 19.8 Å². The van der Waals surface area contributed by atoms with Crippen molar-refractivity contribution < 1.29 is 55.7 Å². The number of halogens is 6. The number of hydrogen-bond donors (Lipinski definition) is 2. The van der Waals surface area contributed by atoms with Gasteiger partial charge in [0.15, 0.2) is 0 Å². The second kappa shape index (κ2) is 12.3. The molecule has 2 N–H and O–H groups in total. The summed E-state index contributed by atoms with van der Waals surface area (Å²) in [6, 6.07) is 6.33. The molecule has 0 radical (unpaired) electrons. The predicted molar refractivity (Wildman–Crippen MR) is 112 cm³/mol. The highest BCUT2D eigenvalue weighted by molar-refractivity contribution is 5.78. The monoisotopic (exact) mass is 531 g/mol. The van der Waals surface area contributed by atoms with Crippen LogP contribution in [0.4, 0.5) is 26.3 Å². The molecule has 0 saturated carbocycles. The molecule has 2 saturated heterocycles. The normalized spacial score (nSPS) is 20.1. The fourth-order valence-corrected chi connectivity index (χ4v) is 3.57. The molecule has 3 heterocycles. The van der Waals surface area contributed by atoms with E-state index in [1.165, 1.54) is 0 Å². The molecule has 15 heteroatoms. The zero-order chi connectivity index (χ0) is 27.9. The number of carbonyl (C=O) groups is 3. The Labute approximate surface area is 202 Å². The number of rotatable bonds is 2. The number of piperidine rings is 1. The number of likely N-dealkylation sites (tertiary alicyclic amines) is 1. The van der Waals surface area contributed by atoms with E-state index in [1.54, 1.807) is 0 Å². The van der Waals surface area contributed by atoms with Gasteiger partial charge in [-0.3, -0.25) is 14.7 Å². The van der Waals surface area contributed by atoms with Crippen molar-refractivity contribution in [2.45, 2.75) is 57.2 Å². The molecule has 36 heavy (non-hydrogen) atoms. The number of aliphatic carboxylic acids is 2. The van der Waals surface area contributed by atoms with Crippen molar-refractivity contribution in [3.8, 4) is 0 Å². The topological polar surface area (TPSA) is 120 Å². The molecule has 9 nitrogen and oxygen atoms in total. The van der Waals surface area contributed by atoms with Crippen LogP contribution >= 0.6 is 0 Å². The molecular formula is C21H27F6N3O6. The first-order chi connectivity index (χ1) is 16.4. The fourth-order valence-electron chi connectivity index (χ4n) is 3.57. The summed E-state index contributed by atoms with van der Waals surface area (Å²) in [7, 11) is 1.89. The van der Waals surface area contributed by atoms with E-state index in [4.69, 9.17) is 24.5 Å². The average Bonchev–Trinajstić information content (AvgIpc) is 2.76. The largest absolute Gasteiger partial charge is 0.490 e. The van der Waals surface area contributed by atoms with Gasteiger partial charge in [0.25, 0.3) is 0 Å². The van der Waals surface area contributed by atoms with Gasteiger partial charge in [0.1, 0.15) is 6.61 Å². The Kier molecular flexibility index (Phi) is 10.7. The second-order valence-electron chi connectivity index (χ2n) is 8.19. The number of hydrogen-bond acceptors (Lipinski definition) is 6. The van der Waals surface area contributed by atoms with Crippen LogP contribution in [0.2, 0.25) is 0 Å². The molecule has 3 rings (SSSR count). The molecule has 0 aromatic carbocycles. The van der Waals surface area contributed by atoms with Crippen molar-refractivity contribution >= 4 is 17.8 Å². The summed E-state index contributed by atoms with van der Waals surface area (Å²) in [4.78, 5) is 38.4. The van der Waals surface area contributed by atoms with Gasteiger partial charge >= 0.3 is 24.3 Å². The van der Waals surface area contributed by atoms with Crippen LogP contribution in [0.15, 0.2) is 18.2 Å². The highest BCUT2D eigenvalue weighted by Gasteiger charge is 2.46. The molecular weight excluding hydrogens is 504 g/mol. The lowest BCUT2D eigenvalue weighted by molar-refractivity contribution is -0.193. The Balaban J connectivity index is 0.000000383. The number of carboxylic acids is 2. The van der Waals surface area contributed by atoms with E-state index in [1.807, 2.05) is 24.9 Å². The lowest BCUT2D eigenvalue weighted by Gasteiger charge is -2.50. The molecule has 1 atom stereocenters. The van der Waals surface area contributed by atoms with Crippen LogP contribution in [0.3, 0.4) is 0 Å². The number of aromatic nitrogens is 1. The average molecular weight is 531 g/mol. The number of carbonyl (C=O) groups excluding carboxylic acids is 1. The zero-order valence-corrected chi connectivity index (χ0v) is 19.7. The maximum atomic E-state index is 11.8. The highest BCUT2D eigenvalue weighted by atomic mass is 19.4. The number of pyridine rings is 1. The summed E-state index contributed by atoms with van der Waals surface area (Å²) in [5.74, 6) is -5.43. The van der Waals surface area contributed by atoms with Crippen LogP contribution < -0.4 is 0 Å². The van der Waals surface area contributed by atoms with Crippen LogP contribution in [0, 0.1) is 6.92 Å². The Morgan fingerprint density at radius 3 is 1.97 bits per heavy atom. The lowest BCUT2D eigenvalue weighted by Crippen LogP contribution is -2.62. The number of alkyl halides is 6. The Hall–Kier alpha value is -2.94. The standard InChI is InChI=1S/C17H25N3O2.2C2HF3O2/c1-13-5-4-6-15(18-13)11-20-9-7-17(8-10-20)14(2)19(3)16(21)12-22-17;2*3-2(4,5)1(6)7/h4-6,14H,7-12H2,1-3H3;2*(H,6,7). The van der Waals surface area contributed by atoms with Crippen molar-refractivity contribution in [2.75, 3.05) is 26.7 Å². The van der Waals surface area contributed by atoms with Crippen molar-refractivity contribution in [2.24, 2.45) is 0 Å². The zero-order valence-electron chi connectivity index (χ0n) is 19.7. The van der Waals surface area contributed by atoms with Gasteiger partial charge in [-0.1, -0.05) is 6.07 Å². The SMILES string of the molecule is Cc1cccc(CN2CCC3(CC2)OCC(=O)N(C)C3C)n1.O=C(O)C(F)(F)F.O=C(O)C(F)(F)F. The molecule has 204 valence electrons. The third-order valence-corrected chi connectivity index (χ3v) is 5.74. The summed E-state index contributed by atoms with van der Waals surface area (Å²) >= 11 is 0. The number of amides is 1. The van der Waals surface area contributed by atoms with E-state index in [9.17, 15) is 31.1 Å². The van der Waals surface area contributed by atoms with E-state index in [-0.39, 0.29) is 24.2 Å². The molecule has 2 aliphatic rings. The van der Waals surface area contributed by atoms with Crippen molar-refractivity contribution in [3.63, 3.8) is 0 Å². The summed E-state index contributed by atoms with van der Waals surface area (Å²) in [6.07, 6.45) is -8.23. The predicted octanol–water partition coefficient (Wildman–Crippen LogP) is 2.87. The Morgan fingerprint density at radius 2 is 1.56 bits per heavy atom. The van der Waals surface area contributed by atoms with Crippen molar-refractivity contribution in [1.82, 2.24) is 14.8 Å². The van der Waals surface area contributed by atoms with Crippen LogP contribution in [0.5, 0.6) is 0 Å². The van der Waals surface area contributed by atoms with Crippen molar-refractivity contribution in [3.05, 3.63) is 29.6 Å². The van der Waals surface area contributed by atoms with Crippen LogP contribution in [-0.2, 0) is 25.7 Å². The smallest absolute Gasteiger partial charge is 0.475 e. The Bertz CT molecular complexity index is 892. The molecule has 0 bridgehead atoms. The van der Waals surface area contributed by atoms with Gasteiger partial charge in [0, 0.05) is 32.4 Å². The molecule has 1 aromatic rings. The van der Waals surface area contributed by atoms with Crippen LogP contribution in [-0.4, -0.2) is 93.6 Å². The first kappa shape index (κ1) is 31.1. The summed E-state index contributed by atoms with van der Waals surface area (Å²) < 4.78 is 69.5. The third-order valence-electron chi connectivity index (χ3n) is 5.74. The van der Waals surface area contributed by atoms with Gasteiger partial charge in [-0.2, -0.15) is 26.3 Å². The minimum Gasteiger partial charge on any atom is -0.475 e. The molecule has 2 aliphatic heterocycles. The van der Waals surface area contributed by atoms with Gasteiger partial charge in [0.2, 0.25) is 5.91 Å².